The van der Waals surface area contributed by atoms with Gasteiger partial charge in [0.1, 0.15) is 0 Å². The van der Waals surface area contributed by atoms with Crippen LogP contribution >= 0.6 is 11.6 Å². The molecule has 4 rings (SSSR count). The lowest BCUT2D eigenvalue weighted by Crippen LogP contribution is -2.11. The second-order valence-electron chi connectivity index (χ2n) is 6.20. The van der Waals surface area contributed by atoms with Crippen LogP contribution in [0.2, 0.25) is 5.02 Å². The number of hydrogen-bond acceptors (Lipinski definition) is 9. The Kier molecular flexibility index (Phi) is 5.80. The van der Waals surface area contributed by atoms with Crippen LogP contribution in [-0.4, -0.2) is 35.2 Å². The minimum absolute atomic E-state index is 0.161. The van der Waals surface area contributed by atoms with Gasteiger partial charge in [0.2, 0.25) is 19.2 Å². The fourth-order valence-corrected chi connectivity index (χ4v) is 2.70. The Hall–Kier alpha value is -3.59. The zero-order valence-corrected chi connectivity index (χ0v) is 16.6. The van der Waals surface area contributed by atoms with Gasteiger partial charge in [-0.2, -0.15) is 4.98 Å². The number of rotatable bonds is 7. The third kappa shape index (κ3) is 4.69. The minimum Gasteiger partial charge on any atom is -0.454 e. The topological polar surface area (TPSA) is 105 Å². The van der Waals surface area contributed by atoms with Crippen LogP contribution in [0.4, 0.5) is 0 Å². The lowest BCUT2D eigenvalue weighted by molar-refractivity contribution is -0.151. The maximum absolute atomic E-state index is 11.8. The van der Waals surface area contributed by atoms with Crippen LogP contribution in [0.25, 0.3) is 11.4 Å². The van der Waals surface area contributed by atoms with Crippen molar-refractivity contribution in [1.82, 2.24) is 10.1 Å². The number of oxime groups is 1. The third-order valence-corrected chi connectivity index (χ3v) is 4.35. The van der Waals surface area contributed by atoms with Crippen molar-refractivity contribution in [3.05, 3.63) is 58.9 Å². The lowest BCUT2D eigenvalue weighted by Gasteiger charge is -2.04. The number of halogens is 1. The first-order valence-electron chi connectivity index (χ1n) is 8.89. The standard InChI is InChI=1S/C20H16ClN3O6/c1-12(14-4-7-16-17(8-14)28-11-27-16)23-29-10-19(25)26-9-18-22-20(24-30-18)13-2-5-15(21)6-3-13/h2-8H,9-11H2,1H3. The van der Waals surface area contributed by atoms with Gasteiger partial charge in [-0.3, -0.25) is 0 Å². The van der Waals surface area contributed by atoms with Gasteiger partial charge in [0.25, 0.3) is 5.89 Å². The summed E-state index contributed by atoms with van der Waals surface area (Å²) in [5.41, 5.74) is 2.09. The second-order valence-corrected chi connectivity index (χ2v) is 6.63. The van der Waals surface area contributed by atoms with Crippen LogP contribution in [0, 0.1) is 0 Å². The van der Waals surface area contributed by atoms with E-state index in [9.17, 15) is 4.79 Å². The van der Waals surface area contributed by atoms with Crippen LogP contribution in [0.1, 0.15) is 18.4 Å². The number of hydrogen-bond donors (Lipinski definition) is 0. The minimum atomic E-state index is -0.622. The van der Waals surface area contributed by atoms with E-state index in [0.717, 1.165) is 11.1 Å². The van der Waals surface area contributed by atoms with E-state index in [-0.39, 0.29) is 25.9 Å². The molecule has 154 valence electrons. The summed E-state index contributed by atoms with van der Waals surface area (Å²) in [5.74, 6) is 1.23. The number of ether oxygens (including phenoxy) is 3. The predicted octanol–water partition coefficient (Wildman–Crippen LogP) is 3.60. The predicted molar refractivity (Wildman–Crippen MR) is 105 cm³/mol. The molecule has 1 aliphatic rings. The molecule has 30 heavy (non-hydrogen) atoms. The summed E-state index contributed by atoms with van der Waals surface area (Å²) in [7, 11) is 0. The van der Waals surface area contributed by atoms with Gasteiger partial charge in [-0.15, -0.1) is 0 Å². The van der Waals surface area contributed by atoms with Crippen LogP contribution in [0.3, 0.4) is 0 Å². The third-order valence-electron chi connectivity index (χ3n) is 4.10. The molecule has 0 N–H and O–H groups in total. The van der Waals surface area contributed by atoms with Gasteiger partial charge in [0, 0.05) is 16.1 Å². The number of esters is 1. The van der Waals surface area contributed by atoms with E-state index < -0.39 is 5.97 Å². The first-order chi connectivity index (χ1) is 14.6. The Labute approximate surface area is 176 Å². The van der Waals surface area contributed by atoms with Gasteiger partial charge in [-0.05, 0) is 49.4 Å². The smallest absolute Gasteiger partial charge is 0.347 e. The molecule has 1 aromatic heterocycles. The molecule has 2 aromatic carbocycles. The van der Waals surface area contributed by atoms with Crippen molar-refractivity contribution < 1.29 is 28.4 Å². The number of carbonyl (C=O) groups is 1. The van der Waals surface area contributed by atoms with Gasteiger partial charge in [0.05, 0.1) is 5.71 Å². The van der Waals surface area contributed by atoms with E-state index in [1.807, 2.05) is 6.07 Å². The zero-order valence-electron chi connectivity index (χ0n) is 15.8. The van der Waals surface area contributed by atoms with Crippen LogP contribution in [0.5, 0.6) is 11.5 Å². The summed E-state index contributed by atoms with van der Waals surface area (Å²) >= 11 is 5.85. The number of fused-ring (bicyclic) bond motifs is 1. The Morgan fingerprint density at radius 3 is 2.80 bits per heavy atom. The highest BCUT2D eigenvalue weighted by atomic mass is 35.5. The van der Waals surface area contributed by atoms with E-state index in [1.165, 1.54) is 0 Å². The molecule has 2 heterocycles. The van der Waals surface area contributed by atoms with Gasteiger partial charge in [-0.25, -0.2) is 4.79 Å². The maximum atomic E-state index is 11.8. The lowest BCUT2D eigenvalue weighted by atomic mass is 10.1. The van der Waals surface area contributed by atoms with Crippen molar-refractivity contribution in [1.29, 1.82) is 0 Å². The summed E-state index contributed by atoms with van der Waals surface area (Å²) in [6.07, 6.45) is 0. The number of nitrogens with zero attached hydrogens (tertiary/aromatic N) is 3. The fourth-order valence-electron chi connectivity index (χ4n) is 2.57. The Balaban J connectivity index is 1.25. The molecule has 0 unspecified atom stereocenters. The molecule has 0 fully saturated rings. The normalized spacial score (nSPS) is 12.7. The largest absolute Gasteiger partial charge is 0.454 e. The fraction of sp³-hybridized carbons (Fsp3) is 0.200. The second kappa shape index (κ2) is 8.83. The molecule has 0 aliphatic carbocycles. The summed E-state index contributed by atoms with van der Waals surface area (Å²) < 4.78 is 20.7. The first kappa shape index (κ1) is 19.7. The Bertz CT molecular complexity index is 1080. The van der Waals surface area contributed by atoms with Gasteiger partial charge in [-0.1, -0.05) is 21.9 Å². The highest BCUT2D eigenvalue weighted by Crippen LogP contribution is 2.32. The number of carbonyl (C=O) groups excluding carboxylic acids is 1. The van der Waals surface area contributed by atoms with Crippen LogP contribution in [-0.2, 0) is 21.0 Å². The van der Waals surface area contributed by atoms with Gasteiger partial charge < -0.3 is 23.6 Å². The van der Waals surface area contributed by atoms with E-state index in [4.69, 9.17) is 35.2 Å². The molecule has 9 nitrogen and oxygen atoms in total. The molecule has 10 heteroatoms. The molecule has 1 aliphatic heterocycles. The SMILES string of the molecule is CC(=NOCC(=O)OCc1nc(-c2ccc(Cl)cc2)no1)c1ccc2c(c1)OCO2. The number of benzene rings is 2. The Morgan fingerprint density at radius 2 is 1.97 bits per heavy atom. The van der Waals surface area contributed by atoms with Crippen molar-refractivity contribution in [3.63, 3.8) is 0 Å². The van der Waals surface area contributed by atoms with Gasteiger partial charge in [0.15, 0.2) is 18.1 Å². The average molecular weight is 430 g/mol. The summed E-state index contributed by atoms with van der Waals surface area (Å²) in [6, 6.07) is 12.4. The van der Waals surface area contributed by atoms with Gasteiger partial charge >= 0.3 is 5.97 Å². The Morgan fingerprint density at radius 1 is 1.17 bits per heavy atom. The van der Waals surface area contributed by atoms with Crippen LogP contribution < -0.4 is 9.47 Å². The van der Waals surface area contributed by atoms with E-state index in [2.05, 4.69) is 15.3 Å². The molecule has 3 aromatic rings. The van der Waals surface area contributed by atoms with Crippen molar-refractivity contribution >= 4 is 23.3 Å². The van der Waals surface area contributed by atoms with Crippen LogP contribution in [0.15, 0.2) is 52.1 Å². The van der Waals surface area contributed by atoms with E-state index >= 15 is 0 Å². The van der Waals surface area contributed by atoms with Crippen molar-refractivity contribution in [2.24, 2.45) is 5.16 Å². The molecule has 0 atom stereocenters. The number of aromatic nitrogens is 2. The molecule has 0 bridgehead atoms. The first-order valence-corrected chi connectivity index (χ1v) is 9.27. The maximum Gasteiger partial charge on any atom is 0.347 e. The molecule has 0 radical (unpaired) electrons. The zero-order chi connectivity index (χ0) is 20.9. The summed E-state index contributed by atoms with van der Waals surface area (Å²) in [4.78, 5) is 21.1. The molecular formula is C20H16ClN3O6. The monoisotopic (exact) mass is 429 g/mol. The molecule has 0 amide bonds. The quantitative estimate of drug-likeness (QED) is 0.318. The van der Waals surface area contributed by atoms with Crippen molar-refractivity contribution in [2.75, 3.05) is 13.4 Å². The van der Waals surface area contributed by atoms with E-state index in [0.29, 0.717) is 28.1 Å². The summed E-state index contributed by atoms with van der Waals surface area (Å²) in [6.45, 7) is 1.41. The molecule has 0 spiro atoms. The van der Waals surface area contributed by atoms with Crippen molar-refractivity contribution in [3.8, 4) is 22.9 Å². The molecule has 0 saturated carbocycles. The van der Waals surface area contributed by atoms with E-state index in [1.54, 1.807) is 43.3 Å². The highest BCUT2D eigenvalue weighted by Gasteiger charge is 2.15. The highest BCUT2D eigenvalue weighted by molar-refractivity contribution is 6.30. The molecule has 0 saturated heterocycles. The summed E-state index contributed by atoms with van der Waals surface area (Å²) in [5, 5.41) is 8.37. The average Bonchev–Trinajstić information content (AvgIpc) is 3.41. The van der Waals surface area contributed by atoms with Crippen molar-refractivity contribution in [2.45, 2.75) is 13.5 Å². The molecular weight excluding hydrogens is 414 g/mol.